The maximum absolute atomic E-state index is 13.6. The SMILES string of the molecule is C=CCOc1ccc(C([O-])=C2C(=O)C(=O)N(CCC[NH+](CC)CC)C2c2ccc(OC(C)C)cc2)cc1. The summed E-state index contributed by atoms with van der Waals surface area (Å²) in [5, 5.41) is 13.6. The van der Waals surface area contributed by atoms with Crippen LogP contribution in [0.4, 0.5) is 0 Å². The summed E-state index contributed by atoms with van der Waals surface area (Å²) in [7, 11) is 0. The van der Waals surface area contributed by atoms with E-state index in [1.54, 1.807) is 35.2 Å². The molecule has 1 aliphatic rings. The lowest BCUT2D eigenvalue weighted by atomic mass is 9.95. The molecule has 1 amide bonds. The van der Waals surface area contributed by atoms with Crippen LogP contribution in [0.3, 0.4) is 0 Å². The molecule has 0 bridgehead atoms. The first-order valence-corrected chi connectivity index (χ1v) is 13.0. The fourth-order valence-corrected chi connectivity index (χ4v) is 4.56. The second kappa shape index (κ2) is 13.1. The van der Waals surface area contributed by atoms with Gasteiger partial charge in [0.2, 0.25) is 5.78 Å². The van der Waals surface area contributed by atoms with Crippen molar-refractivity contribution < 1.29 is 29.1 Å². The van der Waals surface area contributed by atoms with E-state index in [2.05, 4.69) is 20.4 Å². The Morgan fingerprint density at radius 1 is 1.05 bits per heavy atom. The average molecular weight is 507 g/mol. The van der Waals surface area contributed by atoms with Gasteiger partial charge in [0.25, 0.3) is 5.91 Å². The molecule has 0 saturated carbocycles. The first kappa shape index (κ1) is 28.0. The third-order valence-electron chi connectivity index (χ3n) is 6.51. The van der Waals surface area contributed by atoms with Gasteiger partial charge in [-0.1, -0.05) is 42.7 Å². The molecule has 1 N–H and O–H groups in total. The number of benzene rings is 2. The Morgan fingerprint density at radius 3 is 2.24 bits per heavy atom. The van der Waals surface area contributed by atoms with Crippen LogP contribution in [0.25, 0.3) is 5.76 Å². The molecular weight excluding hydrogens is 468 g/mol. The zero-order valence-electron chi connectivity index (χ0n) is 22.3. The number of quaternary nitrogens is 1. The zero-order valence-corrected chi connectivity index (χ0v) is 22.3. The number of nitrogens with one attached hydrogen (secondary N) is 1. The molecule has 1 heterocycles. The number of ether oxygens (including phenoxy) is 2. The lowest BCUT2D eigenvalue weighted by molar-refractivity contribution is -0.896. The first-order valence-electron chi connectivity index (χ1n) is 13.0. The standard InChI is InChI=1S/C30H38N2O5/c1-6-20-36-24-14-12-23(13-15-24)28(33)26-27(22-10-16-25(17-11-22)37-21(4)5)32(30(35)29(26)34)19-9-18-31(7-2)8-3/h6,10-17,21,27,33H,1,7-9,18-20H2,2-5H3. The Balaban J connectivity index is 1.99. The van der Waals surface area contributed by atoms with E-state index in [0.717, 1.165) is 26.1 Å². The highest BCUT2D eigenvalue weighted by molar-refractivity contribution is 6.46. The second-order valence-corrected chi connectivity index (χ2v) is 9.39. The van der Waals surface area contributed by atoms with Crippen LogP contribution < -0.4 is 19.5 Å². The van der Waals surface area contributed by atoms with Crippen molar-refractivity contribution >= 4 is 17.4 Å². The third kappa shape index (κ3) is 6.80. The van der Waals surface area contributed by atoms with Gasteiger partial charge in [0.15, 0.2) is 0 Å². The average Bonchev–Trinajstić information content (AvgIpc) is 3.15. The van der Waals surface area contributed by atoms with Gasteiger partial charge in [-0.05, 0) is 63.1 Å². The van der Waals surface area contributed by atoms with Crippen molar-refractivity contribution in [3.05, 3.63) is 77.9 Å². The largest absolute Gasteiger partial charge is 0.872 e. The van der Waals surface area contributed by atoms with Crippen molar-refractivity contribution in [3.63, 3.8) is 0 Å². The normalized spacial score (nSPS) is 17.0. The van der Waals surface area contributed by atoms with Crippen molar-refractivity contribution in [2.75, 3.05) is 32.8 Å². The minimum atomic E-state index is -0.746. The second-order valence-electron chi connectivity index (χ2n) is 9.39. The maximum Gasteiger partial charge on any atom is 0.295 e. The summed E-state index contributed by atoms with van der Waals surface area (Å²) >= 11 is 0. The Labute approximate surface area is 220 Å². The molecule has 0 spiro atoms. The van der Waals surface area contributed by atoms with Crippen molar-refractivity contribution in [2.45, 2.75) is 46.3 Å². The molecule has 2 aromatic carbocycles. The fourth-order valence-electron chi connectivity index (χ4n) is 4.56. The number of Topliss-reactive ketones (excluding diaryl/α,β-unsaturated/α-hetero) is 1. The number of nitrogens with zero attached hydrogens (tertiary/aromatic N) is 1. The van der Waals surface area contributed by atoms with Crippen LogP contribution in [0.2, 0.25) is 0 Å². The highest BCUT2D eigenvalue weighted by Crippen LogP contribution is 2.39. The first-order chi connectivity index (χ1) is 17.8. The van der Waals surface area contributed by atoms with Crippen molar-refractivity contribution in [1.29, 1.82) is 0 Å². The van der Waals surface area contributed by atoms with Gasteiger partial charge in [0.05, 0.1) is 31.8 Å². The number of carbonyl (C=O) groups is 2. The van der Waals surface area contributed by atoms with Crippen LogP contribution in [0.15, 0.2) is 66.8 Å². The summed E-state index contributed by atoms with van der Waals surface area (Å²) in [6.07, 6.45) is 2.38. The molecule has 7 nitrogen and oxygen atoms in total. The van der Waals surface area contributed by atoms with Crippen LogP contribution in [-0.2, 0) is 9.59 Å². The van der Waals surface area contributed by atoms with E-state index in [4.69, 9.17) is 9.47 Å². The lowest BCUT2D eigenvalue weighted by Crippen LogP contribution is -3.11. The number of hydrogen-bond donors (Lipinski definition) is 1. The zero-order chi connectivity index (χ0) is 26.9. The van der Waals surface area contributed by atoms with Crippen LogP contribution in [0.5, 0.6) is 11.5 Å². The van der Waals surface area contributed by atoms with Gasteiger partial charge in [0, 0.05) is 18.5 Å². The number of rotatable bonds is 13. The number of carbonyl (C=O) groups excluding carboxylic acids is 2. The highest BCUT2D eigenvalue weighted by atomic mass is 16.5. The van der Waals surface area contributed by atoms with Gasteiger partial charge < -0.3 is 24.4 Å². The van der Waals surface area contributed by atoms with E-state index in [1.807, 2.05) is 38.1 Å². The summed E-state index contributed by atoms with van der Waals surface area (Å²) < 4.78 is 11.3. The molecule has 1 atom stereocenters. The number of amides is 1. The maximum atomic E-state index is 13.6. The van der Waals surface area contributed by atoms with Crippen LogP contribution >= 0.6 is 0 Å². The Morgan fingerprint density at radius 2 is 1.68 bits per heavy atom. The van der Waals surface area contributed by atoms with E-state index in [1.165, 1.54) is 4.90 Å². The molecular formula is C30H38N2O5. The summed E-state index contributed by atoms with van der Waals surface area (Å²) in [5.74, 6) is -0.531. The monoisotopic (exact) mass is 506 g/mol. The van der Waals surface area contributed by atoms with Crippen LogP contribution in [0.1, 0.15) is 51.3 Å². The molecule has 0 radical (unpaired) electrons. The summed E-state index contributed by atoms with van der Waals surface area (Å²) in [6, 6.07) is 13.1. The summed E-state index contributed by atoms with van der Waals surface area (Å²) in [6.45, 7) is 15.4. The smallest absolute Gasteiger partial charge is 0.295 e. The topological polar surface area (TPSA) is 83.3 Å². The molecule has 198 valence electrons. The van der Waals surface area contributed by atoms with E-state index in [0.29, 0.717) is 35.8 Å². The predicted octanol–water partition coefficient (Wildman–Crippen LogP) is 2.58. The minimum absolute atomic E-state index is 0.0155. The molecule has 1 saturated heterocycles. The molecule has 3 rings (SSSR count). The Bertz CT molecular complexity index is 1100. The van der Waals surface area contributed by atoms with E-state index < -0.39 is 23.5 Å². The van der Waals surface area contributed by atoms with Crippen LogP contribution in [0, 0.1) is 0 Å². The predicted molar refractivity (Wildman–Crippen MR) is 142 cm³/mol. The lowest BCUT2D eigenvalue weighted by Gasteiger charge is -2.28. The summed E-state index contributed by atoms with van der Waals surface area (Å²) in [4.78, 5) is 29.4. The molecule has 1 fully saturated rings. The highest BCUT2D eigenvalue weighted by Gasteiger charge is 2.44. The van der Waals surface area contributed by atoms with Crippen molar-refractivity contribution in [2.24, 2.45) is 0 Å². The van der Waals surface area contributed by atoms with E-state index in [-0.39, 0.29) is 11.7 Å². The molecule has 1 aliphatic heterocycles. The van der Waals surface area contributed by atoms with Gasteiger partial charge in [-0.25, -0.2) is 0 Å². The number of likely N-dealkylation sites (tertiary alicyclic amines) is 1. The minimum Gasteiger partial charge on any atom is -0.872 e. The van der Waals surface area contributed by atoms with E-state index >= 15 is 0 Å². The molecule has 1 unspecified atom stereocenters. The Kier molecular flexibility index (Phi) is 9.92. The van der Waals surface area contributed by atoms with E-state index in [9.17, 15) is 14.7 Å². The number of ketones is 1. The molecule has 0 aromatic heterocycles. The molecule has 7 heteroatoms. The van der Waals surface area contributed by atoms with Gasteiger partial charge in [-0.15, -0.1) is 0 Å². The van der Waals surface area contributed by atoms with Crippen LogP contribution in [-0.4, -0.2) is 55.5 Å². The van der Waals surface area contributed by atoms with Gasteiger partial charge >= 0.3 is 0 Å². The van der Waals surface area contributed by atoms with Crippen molar-refractivity contribution in [1.82, 2.24) is 4.90 Å². The molecule has 37 heavy (non-hydrogen) atoms. The van der Waals surface area contributed by atoms with Gasteiger partial charge in [-0.3, -0.25) is 9.59 Å². The molecule has 0 aliphatic carbocycles. The van der Waals surface area contributed by atoms with Crippen molar-refractivity contribution in [3.8, 4) is 11.5 Å². The van der Waals surface area contributed by atoms with Gasteiger partial charge in [0.1, 0.15) is 18.1 Å². The van der Waals surface area contributed by atoms with Gasteiger partial charge in [-0.2, -0.15) is 0 Å². The Hall–Kier alpha value is -3.58. The quantitative estimate of drug-likeness (QED) is 0.195. The summed E-state index contributed by atoms with van der Waals surface area (Å²) in [5.41, 5.74) is 1.03. The third-order valence-corrected chi connectivity index (χ3v) is 6.51. The molecule has 2 aromatic rings. The fraction of sp³-hybridized carbons (Fsp3) is 0.400. The number of hydrogen-bond acceptors (Lipinski definition) is 5.